The van der Waals surface area contributed by atoms with Gasteiger partial charge in [0.2, 0.25) is 0 Å². The van der Waals surface area contributed by atoms with Crippen LogP contribution >= 0.6 is 0 Å². The average Bonchev–Trinajstić information content (AvgIpc) is 3.25. The van der Waals surface area contributed by atoms with Gasteiger partial charge in [0.05, 0.1) is 78.5 Å². The second-order valence-electron chi connectivity index (χ2n) is 17.8. The van der Waals surface area contributed by atoms with E-state index in [1.165, 1.54) is 246 Å². The van der Waals surface area contributed by atoms with Gasteiger partial charge in [-0.15, -0.1) is 0 Å². The summed E-state index contributed by atoms with van der Waals surface area (Å²) in [6, 6.07) is -5.09. The first-order chi connectivity index (χ1) is 29.1. The summed E-state index contributed by atoms with van der Waals surface area (Å²) in [7, 11) is -2.92. The van der Waals surface area contributed by atoms with Crippen LogP contribution in [0.1, 0.15) is 237 Å². The van der Waals surface area contributed by atoms with Crippen molar-refractivity contribution in [3.8, 4) is 0 Å². The predicted molar refractivity (Wildman–Crippen MR) is 256 cm³/mol. The zero-order valence-corrected chi connectivity index (χ0v) is 43.2. The molecule has 0 unspecified atom stereocenters. The standard InChI is InChI=1S/3C16H36N.C2F2O2.BO3/c3*1-5-9-13-17(14-10-6-2,15-11-7-3)16-12-8-4;3-1(5)2(4)6;2-1(3)4/h3*5-16H2,1-4H3;;/q3*+1;;-3. The van der Waals surface area contributed by atoms with Crippen LogP contribution in [-0.4, -0.2) is 111 Å². The minimum absolute atomic E-state index is 1.35. The van der Waals surface area contributed by atoms with Crippen LogP contribution < -0.4 is 15.1 Å². The highest BCUT2D eigenvalue weighted by molar-refractivity contribution is 6.28. The van der Waals surface area contributed by atoms with Crippen molar-refractivity contribution in [1.82, 2.24) is 0 Å². The molecular formula is C50H108BF2N3O5. The lowest BCUT2D eigenvalue weighted by molar-refractivity contribution is -0.929. The molecule has 0 fully saturated rings. The van der Waals surface area contributed by atoms with Gasteiger partial charge in [0.25, 0.3) is 0 Å². The number of carbonyl (C=O) groups excluding carboxylic acids is 2. The largest absolute Gasteiger partial charge is 0.907 e. The van der Waals surface area contributed by atoms with Gasteiger partial charge >= 0.3 is 12.1 Å². The fourth-order valence-electron chi connectivity index (χ4n) is 7.93. The molecule has 8 nitrogen and oxygen atoms in total. The summed E-state index contributed by atoms with van der Waals surface area (Å²) < 4.78 is 25.2. The summed E-state index contributed by atoms with van der Waals surface area (Å²) in [4.78, 5) is 17.5. The summed E-state index contributed by atoms with van der Waals surface area (Å²) in [6.45, 7) is 45.1. The first kappa shape index (κ1) is 69.1. The molecule has 0 bridgehead atoms. The minimum Gasteiger partial charge on any atom is -0.907 e. The second-order valence-corrected chi connectivity index (χ2v) is 17.8. The van der Waals surface area contributed by atoms with Crippen molar-refractivity contribution >= 4 is 19.4 Å². The molecule has 0 saturated heterocycles. The van der Waals surface area contributed by atoms with Crippen molar-refractivity contribution in [3.63, 3.8) is 0 Å². The van der Waals surface area contributed by atoms with Crippen LogP contribution in [0.25, 0.3) is 0 Å². The lowest BCUT2D eigenvalue weighted by atomic mass is 10.1. The van der Waals surface area contributed by atoms with E-state index in [0.29, 0.717) is 0 Å². The number of carbonyl (C=O) groups is 2. The predicted octanol–water partition coefficient (Wildman–Crippen LogP) is 11.0. The smallest absolute Gasteiger partial charge is 0.401 e. The van der Waals surface area contributed by atoms with E-state index in [-0.39, 0.29) is 0 Å². The molecule has 0 aliphatic carbocycles. The highest BCUT2D eigenvalue weighted by Crippen LogP contribution is 2.19. The lowest BCUT2D eigenvalue weighted by Crippen LogP contribution is -2.56. The zero-order valence-electron chi connectivity index (χ0n) is 43.2. The van der Waals surface area contributed by atoms with Crippen molar-refractivity contribution in [1.29, 1.82) is 0 Å². The highest BCUT2D eigenvalue weighted by Gasteiger charge is 2.27. The fourth-order valence-corrected chi connectivity index (χ4v) is 7.93. The second kappa shape index (κ2) is 51.7. The summed E-state index contributed by atoms with van der Waals surface area (Å²) in [5.74, 6) is 0. The molecule has 0 heterocycles. The Hall–Kier alpha value is -0.975. The van der Waals surface area contributed by atoms with E-state index in [1.807, 2.05) is 0 Å². The average molecular weight is 880 g/mol. The van der Waals surface area contributed by atoms with Crippen LogP contribution in [0.15, 0.2) is 0 Å². The number of rotatable bonds is 37. The molecule has 0 spiro atoms. The molecule has 0 aromatic rings. The Kier molecular flexibility index (Phi) is 58.5. The van der Waals surface area contributed by atoms with Crippen LogP contribution in [0.5, 0.6) is 0 Å². The van der Waals surface area contributed by atoms with Crippen LogP contribution in [0, 0.1) is 0 Å². The Morgan fingerprint density at radius 3 is 0.426 bits per heavy atom. The third kappa shape index (κ3) is 48.3. The van der Waals surface area contributed by atoms with E-state index in [9.17, 15) is 8.78 Å². The van der Waals surface area contributed by atoms with Crippen molar-refractivity contribution < 1.29 is 46.9 Å². The summed E-state index contributed by atoms with van der Waals surface area (Å²) >= 11 is 0. The van der Waals surface area contributed by atoms with Gasteiger partial charge in [-0.05, 0) is 77.0 Å². The third-order valence-electron chi connectivity index (χ3n) is 12.0. The maximum absolute atomic E-state index is 10.5. The van der Waals surface area contributed by atoms with E-state index in [2.05, 4.69) is 83.1 Å². The van der Waals surface area contributed by atoms with Crippen molar-refractivity contribution in [2.75, 3.05) is 78.5 Å². The van der Waals surface area contributed by atoms with Gasteiger partial charge in [-0.2, -0.15) is 8.78 Å². The van der Waals surface area contributed by atoms with Gasteiger partial charge in [0.1, 0.15) is 0 Å². The van der Waals surface area contributed by atoms with E-state index >= 15 is 0 Å². The van der Waals surface area contributed by atoms with Gasteiger partial charge in [0, 0.05) is 0 Å². The molecule has 0 saturated carbocycles. The molecule has 0 aromatic heterocycles. The molecule has 11 heteroatoms. The Labute approximate surface area is 381 Å². The monoisotopic (exact) mass is 880 g/mol. The fraction of sp³-hybridized carbons (Fsp3) is 0.960. The van der Waals surface area contributed by atoms with E-state index in [0.717, 1.165) is 0 Å². The number of hydrogen-bond acceptors (Lipinski definition) is 5. The number of unbranched alkanes of at least 4 members (excludes halogenated alkanes) is 12. The minimum atomic E-state index is -2.92. The van der Waals surface area contributed by atoms with Crippen molar-refractivity contribution in [2.24, 2.45) is 0 Å². The van der Waals surface area contributed by atoms with E-state index in [1.54, 1.807) is 0 Å². The molecule has 0 aliphatic rings. The van der Waals surface area contributed by atoms with Crippen LogP contribution in [-0.2, 0) is 9.59 Å². The Balaban J connectivity index is -0.000000230. The van der Waals surface area contributed by atoms with Gasteiger partial charge in [-0.25, -0.2) is 9.59 Å². The quantitative estimate of drug-likeness (QED) is 0.0268. The molecule has 0 aliphatic heterocycles. The Bertz CT molecular complexity index is 675. The van der Waals surface area contributed by atoms with Gasteiger partial charge in [0.15, 0.2) is 0 Å². The molecule has 0 amide bonds. The van der Waals surface area contributed by atoms with Crippen molar-refractivity contribution in [2.45, 2.75) is 237 Å². The SMILES string of the molecule is CCCC[N+](CCCC)(CCCC)CCCC.CCCC[N+](CCCC)(CCCC)CCCC.CCCC[N+](CCCC)(CCCC)CCCC.O=C(F)C(=O)F.[O-]B([O-])[O-]. The van der Waals surface area contributed by atoms with Crippen LogP contribution in [0.4, 0.5) is 8.78 Å². The van der Waals surface area contributed by atoms with Gasteiger partial charge in [-0.1, -0.05) is 160 Å². The molecule has 0 atom stereocenters. The Morgan fingerprint density at radius 2 is 0.377 bits per heavy atom. The normalized spacial score (nSPS) is 11.2. The van der Waals surface area contributed by atoms with Gasteiger partial charge in [-0.3, -0.25) is 7.32 Å². The van der Waals surface area contributed by atoms with Crippen molar-refractivity contribution in [3.05, 3.63) is 0 Å². The molecule has 0 rings (SSSR count). The maximum atomic E-state index is 10.5. The molecular weight excluding hydrogens is 771 g/mol. The van der Waals surface area contributed by atoms with E-state index < -0.39 is 19.4 Å². The number of hydrogen-bond donors (Lipinski definition) is 0. The summed E-state index contributed by atoms with van der Waals surface area (Å²) in [6.07, 6.45) is 33.2. The van der Waals surface area contributed by atoms with Crippen LogP contribution in [0.2, 0.25) is 0 Å². The van der Waals surface area contributed by atoms with Gasteiger partial charge < -0.3 is 28.5 Å². The zero-order chi connectivity index (χ0) is 47.7. The molecule has 0 radical (unpaired) electrons. The highest BCUT2D eigenvalue weighted by atomic mass is 19.2. The first-order valence-electron chi connectivity index (χ1n) is 26.0. The molecule has 370 valence electrons. The number of halogens is 2. The molecule has 61 heavy (non-hydrogen) atoms. The topological polar surface area (TPSA) is 103 Å². The first-order valence-corrected chi connectivity index (χ1v) is 26.0. The lowest BCUT2D eigenvalue weighted by Gasteiger charge is -2.39. The maximum Gasteiger partial charge on any atom is 0.401 e. The molecule has 0 aromatic carbocycles. The summed E-state index contributed by atoms with van der Waals surface area (Å²) in [5.41, 5.74) is 0. The third-order valence-corrected chi connectivity index (χ3v) is 12.0. The van der Waals surface area contributed by atoms with Crippen LogP contribution in [0.3, 0.4) is 0 Å². The summed E-state index contributed by atoms with van der Waals surface area (Å²) in [5, 5.41) is 25.2. The van der Waals surface area contributed by atoms with E-state index in [4.69, 9.17) is 24.7 Å². The Morgan fingerprint density at radius 1 is 0.295 bits per heavy atom. The number of quaternary nitrogens is 3. The number of nitrogens with zero attached hydrogens (tertiary/aromatic N) is 3. The molecule has 0 N–H and O–H groups in total.